The number of hydrogen-bond acceptors (Lipinski definition) is 3. The second-order valence-corrected chi connectivity index (χ2v) is 3.56. The number of carboxylic acid groups (broad SMARTS) is 1. The summed E-state index contributed by atoms with van der Waals surface area (Å²) in [4.78, 5) is 21.2. The van der Waals surface area contributed by atoms with E-state index in [9.17, 15) is 9.59 Å². The molecule has 0 saturated carbocycles. The van der Waals surface area contributed by atoms with Crippen LogP contribution in [0, 0.1) is 0 Å². The van der Waals surface area contributed by atoms with Gasteiger partial charge in [0, 0.05) is 6.42 Å². The van der Waals surface area contributed by atoms with Gasteiger partial charge in [0.1, 0.15) is 6.04 Å². The van der Waals surface area contributed by atoms with Crippen LogP contribution >= 0.6 is 0 Å². The van der Waals surface area contributed by atoms with Crippen molar-refractivity contribution in [2.45, 2.75) is 45.1 Å². The average Bonchev–Trinajstić information content (AvgIpc) is 2.15. The molecule has 0 aromatic heterocycles. The van der Waals surface area contributed by atoms with Crippen LogP contribution in [0.2, 0.25) is 0 Å². The van der Waals surface area contributed by atoms with Gasteiger partial charge in [0.25, 0.3) is 0 Å². The van der Waals surface area contributed by atoms with Crippen LogP contribution < -0.4 is 11.1 Å². The van der Waals surface area contributed by atoms with Gasteiger partial charge in [0.15, 0.2) is 0 Å². The number of nitrogens with two attached hydrogens (primary N) is 1. The highest BCUT2D eigenvalue weighted by atomic mass is 16.4. The third kappa shape index (κ3) is 7.93. The van der Waals surface area contributed by atoms with Gasteiger partial charge in [0.2, 0.25) is 5.91 Å². The molecule has 0 aromatic carbocycles. The van der Waals surface area contributed by atoms with E-state index in [2.05, 4.69) is 5.32 Å². The Labute approximate surface area is 90.0 Å². The summed E-state index contributed by atoms with van der Waals surface area (Å²) in [5, 5.41) is 11.8. The van der Waals surface area contributed by atoms with Crippen LogP contribution in [-0.2, 0) is 9.59 Å². The fourth-order valence-electron chi connectivity index (χ4n) is 1.26. The van der Waals surface area contributed by atoms with Gasteiger partial charge < -0.3 is 16.2 Å². The summed E-state index contributed by atoms with van der Waals surface area (Å²) in [6, 6.07) is -0.502. The maximum Gasteiger partial charge on any atom is 0.320 e. The first-order valence-electron chi connectivity index (χ1n) is 5.32. The van der Waals surface area contributed by atoms with E-state index >= 15 is 0 Å². The van der Waals surface area contributed by atoms with Crippen LogP contribution in [0.5, 0.6) is 0 Å². The second kappa shape index (κ2) is 8.23. The number of primary amides is 1. The molecule has 0 bridgehead atoms. The third-order valence-corrected chi connectivity index (χ3v) is 2.14. The van der Waals surface area contributed by atoms with Crippen molar-refractivity contribution < 1.29 is 14.7 Å². The maximum absolute atomic E-state index is 10.8. The number of carbonyl (C=O) groups is 2. The molecule has 1 unspecified atom stereocenters. The molecular weight excluding hydrogens is 196 g/mol. The Balaban J connectivity index is 3.66. The van der Waals surface area contributed by atoms with Crippen molar-refractivity contribution in [3.8, 4) is 0 Å². The van der Waals surface area contributed by atoms with Crippen molar-refractivity contribution in [1.29, 1.82) is 0 Å². The highest BCUT2D eigenvalue weighted by molar-refractivity contribution is 5.74. The first-order chi connectivity index (χ1) is 7.07. The number of unbranched alkanes of at least 4 members (excludes halogenated alkanes) is 1. The Morgan fingerprint density at radius 1 is 1.40 bits per heavy atom. The molecular formula is C10H20N2O3. The molecule has 0 aliphatic carbocycles. The van der Waals surface area contributed by atoms with Crippen molar-refractivity contribution in [2.24, 2.45) is 5.73 Å². The van der Waals surface area contributed by atoms with Crippen LogP contribution in [0.4, 0.5) is 0 Å². The lowest BCUT2D eigenvalue weighted by Crippen LogP contribution is -2.37. The van der Waals surface area contributed by atoms with Crippen LogP contribution in [-0.4, -0.2) is 29.6 Å². The molecule has 0 heterocycles. The summed E-state index contributed by atoms with van der Waals surface area (Å²) in [6.45, 7) is 2.54. The van der Waals surface area contributed by atoms with Crippen molar-refractivity contribution in [3.05, 3.63) is 0 Å². The zero-order chi connectivity index (χ0) is 11.7. The molecule has 0 fully saturated rings. The van der Waals surface area contributed by atoms with E-state index in [1.807, 2.05) is 6.92 Å². The standard InChI is InChI=1S/C10H20N2O3/c1-2-3-5-8(10(14)15)12-7-4-6-9(11)13/h8,12H,2-7H2,1H3,(H2,11,13)(H,14,15). The summed E-state index contributed by atoms with van der Waals surface area (Å²) in [7, 11) is 0. The third-order valence-electron chi connectivity index (χ3n) is 2.14. The zero-order valence-electron chi connectivity index (χ0n) is 9.16. The Morgan fingerprint density at radius 3 is 2.53 bits per heavy atom. The van der Waals surface area contributed by atoms with Gasteiger partial charge in [-0.25, -0.2) is 0 Å². The Morgan fingerprint density at radius 2 is 2.07 bits per heavy atom. The monoisotopic (exact) mass is 216 g/mol. The van der Waals surface area contributed by atoms with E-state index < -0.39 is 12.0 Å². The Hall–Kier alpha value is -1.10. The first kappa shape index (κ1) is 13.9. The molecule has 5 nitrogen and oxygen atoms in total. The normalized spacial score (nSPS) is 12.3. The number of amides is 1. The lowest BCUT2D eigenvalue weighted by Gasteiger charge is -2.13. The second-order valence-electron chi connectivity index (χ2n) is 3.56. The lowest BCUT2D eigenvalue weighted by molar-refractivity contribution is -0.139. The molecule has 4 N–H and O–H groups in total. The van der Waals surface area contributed by atoms with Gasteiger partial charge in [-0.3, -0.25) is 9.59 Å². The maximum atomic E-state index is 10.8. The van der Waals surface area contributed by atoms with Crippen LogP contribution in [0.3, 0.4) is 0 Å². The SMILES string of the molecule is CCCCC(NCCCC(N)=O)C(=O)O. The van der Waals surface area contributed by atoms with Crippen molar-refractivity contribution in [2.75, 3.05) is 6.54 Å². The molecule has 0 aliphatic heterocycles. The first-order valence-corrected chi connectivity index (χ1v) is 5.32. The van der Waals surface area contributed by atoms with E-state index in [0.29, 0.717) is 25.8 Å². The van der Waals surface area contributed by atoms with Gasteiger partial charge in [-0.1, -0.05) is 19.8 Å². The minimum atomic E-state index is -0.831. The van der Waals surface area contributed by atoms with E-state index in [1.165, 1.54) is 0 Å². The Kier molecular flexibility index (Phi) is 7.62. The summed E-state index contributed by atoms with van der Waals surface area (Å²) in [5.74, 6) is -1.18. The molecule has 88 valence electrons. The molecule has 0 aliphatic rings. The number of aliphatic carboxylic acids is 1. The Bertz CT molecular complexity index is 207. The average molecular weight is 216 g/mol. The number of nitrogens with one attached hydrogen (secondary N) is 1. The predicted octanol–water partition coefficient (Wildman–Crippen LogP) is 0.485. The predicted molar refractivity (Wildman–Crippen MR) is 57.4 cm³/mol. The fraction of sp³-hybridized carbons (Fsp3) is 0.800. The van der Waals surface area contributed by atoms with Crippen molar-refractivity contribution in [3.63, 3.8) is 0 Å². The van der Waals surface area contributed by atoms with Crippen LogP contribution in [0.25, 0.3) is 0 Å². The van der Waals surface area contributed by atoms with Crippen LogP contribution in [0.15, 0.2) is 0 Å². The molecule has 15 heavy (non-hydrogen) atoms. The van der Waals surface area contributed by atoms with Gasteiger partial charge in [-0.05, 0) is 19.4 Å². The topological polar surface area (TPSA) is 92.4 Å². The van der Waals surface area contributed by atoms with Gasteiger partial charge in [-0.2, -0.15) is 0 Å². The molecule has 1 atom stereocenters. The molecule has 5 heteroatoms. The summed E-state index contributed by atoms with van der Waals surface area (Å²) in [5.41, 5.74) is 4.97. The number of carbonyl (C=O) groups excluding carboxylic acids is 1. The number of hydrogen-bond donors (Lipinski definition) is 3. The number of carboxylic acids is 1. The van der Waals surface area contributed by atoms with E-state index in [1.54, 1.807) is 0 Å². The van der Waals surface area contributed by atoms with Gasteiger partial charge >= 0.3 is 5.97 Å². The van der Waals surface area contributed by atoms with Gasteiger partial charge in [0.05, 0.1) is 0 Å². The van der Waals surface area contributed by atoms with E-state index in [4.69, 9.17) is 10.8 Å². The molecule has 0 radical (unpaired) electrons. The zero-order valence-corrected chi connectivity index (χ0v) is 9.16. The van der Waals surface area contributed by atoms with Crippen molar-refractivity contribution in [1.82, 2.24) is 5.32 Å². The molecule has 0 spiro atoms. The van der Waals surface area contributed by atoms with Crippen LogP contribution in [0.1, 0.15) is 39.0 Å². The highest BCUT2D eigenvalue weighted by Gasteiger charge is 2.15. The summed E-state index contributed by atoms with van der Waals surface area (Å²) >= 11 is 0. The quantitative estimate of drug-likeness (QED) is 0.489. The smallest absolute Gasteiger partial charge is 0.320 e. The minimum absolute atomic E-state index is 0.299. The highest BCUT2D eigenvalue weighted by Crippen LogP contribution is 2.01. The van der Waals surface area contributed by atoms with Gasteiger partial charge in [-0.15, -0.1) is 0 Å². The fourth-order valence-corrected chi connectivity index (χ4v) is 1.26. The summed E-state index contributed by atoms with van der Waals surface area (Å²) in [6.07, 6.45) is 3.38. The summed E-state index contributed by atoms with van der Waals surface area (Å²) < 4.78 is 0. The largest absolute Gasteiger partial charge is 0.480 e. The lowest BCUT2D eigenvalue weighted by atomic mass is 10.1. The molecule has 0 aromatic rings. The van der Waals surface area contributed by atoms with Crippen molar-refractivity contribution >= 4 is 11.9 Å². The van der Waals surface area contributed by atoms with E-state index in [-0.39, 0.29) is 5.91 Å². The van der Waals surface area contributed by atoms with E-state index in [0.717, 1.165) is 12.8 Å². The minimum Gasteiger partial charge on any atom is -0.480 e. The number of rotatable bonds is 9. The molecule has 0 rings (SSSR count). The molecule has 1 amide bonds. The molecule has 0 saturated heterocycles.